The number of piperazine rings is 1. The molecule has 0 atom stereocenters. The Morgan fingerprint density at radius 3 is 2.43 bits per heavy atom. The first-order valence-electron chi connectivity index (χ1n) is 10.3. The van der Waals surface area contributed by atoms with Gasteiger partial charge in [-0.05, 0) is 42.9 Å². The van der Waals surface area contributed by atoms with Gasteiger partial charge in [0.15, 0.2) is 0 Å². The maximum absolute atomic E-state index is 12.5. The maximum Gasteiger partial charge on any atom is 0.244 e. The SMILES string of the molecule is CSc1ccc(/C=C/C(=O)NCCN2CCN(C(=O)C3CCCC3)CC2)cc1. The molecule has 2 fully saturated rings. The van der Waals surface area contributed by atoms with E-state index in [0.29, 0.717) is 12.5 Å². The fourth-order valence-electron chi connectivity index (χ4n) is 3.91. The summed E-state index contributed by atoms with van der Waals surface area (Å²) < 4.78 is 0. The normalized spacial score (nSPS) is 18.7. The molecule has 1 N–H and O–H groups in total. The summed E-state index contributed by atoms with van der Waals surface area (Å²) >= 11 is 1.70. The lowest BCUT2D eigenvalue weighted by Gasteiger charge is -2.36. The average Bonchev–Trinajstić information content (AvgIpc) is 3.27. The summed E-state index contributed by atoms with van der Waals surface area (Å²) in [6, 6.07) is 8.14. The Labute approximate surface area is 172 Å². The highest BCUT2D eigenvalue weighted by Gasteiger charge is 2.29. The van der Waals surface area contributed by atoms with Crippen LogP contribution in [0.5, 0.6) is 0 Å². The van der Waals surface area contributed by atoms with Crippen LogP contribution in [0, 0.1) is 5.92 Å². The maximum atomic E-state index is 12.5. The molecular formula is C22H31N3O2S. The van der Waals surface area contributed by atoms with Gasteiger partial charge in [0, 0.05) is 56.2 Å². The largest absolute Gasteiger partial charge is 0.351 e. The molecular weight excluding hydrogens is 370 g/mol. The zero-order chi connectivity index (χ0) is 19.8. The number of benzene rings is 1. The predicted molar refractivity (Wildman–Crippen MR) is 115 cm³/mol. The van der Waals surface area contributed by atoms with E-state index >= 15 is 0 Å². The summed E-state index contributed by atoms with van der Waals surface area (Å²) in [6.07, 6.45) is 10.0. The summed E-state index contributed by atoms with van der Waals surface area (Å²) in [5, 5.41) is 2.95. The molecule has 2 aliphatic rings. The lowest BCUT2D eigenvalue weighted by Crippen LogP contribution is -2.51. The molecule has 0 bridgehead atoms. The molecule has 0 spiro atoms. The van der Waals surface area contributed by atoms with Crippen molar-refractivity contribution in [2.24, 2.45) is 5.92 Å². The number of thioether (sulfide) groups is 1. The summed E-state index contributed by atoms with van der Waals surface area (Å²) in [5.41, 5.74) is 1.02. The van der Waals surface area contributed by atoms with Crippen molar-refractivity contribution in [1.29, 1.82) is 0 Å². The third-order valence-corrected chi connectivity index (χ3v) is 6.40. The molecule has 1 saturated heterocycles. The van der Waals surface area contributed by atoms with E-state index in [0.717, 1.165) is 51.1 Å². The molecule has 28 heavy (non-hydrogen) atoms. The first kappa shape index (κ1) is 20.9. The molecule has 1 aromatic rings. The van der Waals surface area contributed by atoms with Crippen molar-refractivity contribution >= 4 is 29.7 Å². The van der Waals surface area contributed by atoms with Crippen molar-refractivity contribution in [3.63, 3.8) is 0 Å². The minimum atomic E-state index is -0.0657. The van der Waals surface area contributed by atoms with Gasteiger partial charge in [-0.1, -0.05) is 25.0 Å². The zero-order valence-corrected chi connectivity index (χ0v) is 17.5. The highest BCUT2D eigenvalue weighted by atomic mass is 32.2. The van der Waals surface area contributed by atoms with E-state index in [-0.39, 0.29) is 11.8 Å². The van der Waals surface area contributed by atoms with Crippen LogP contribution < -0.4 is 5.32 Å². The van der Waals surface area contributed by atoms with Crippen LogP contribution in [0.4, 0.5) is 0 Å². The van der Waals surface area contributed by atoms with Crippen molar-refractivity contribution in [1.82, 2.24) is 15.1 Å². The van der Waals surface area contributed by atoms with Gasteiger partial charge in [-0.15, -0.1) is 11.8 Å². The van der Waals surface area contributed by atoms with Gasteiger partial charge in [0.05, 0.1) is 0 Å². The van der Waals surface area contributed by atoms with Crippen molar-refractivity contribution < 1.29 is 9.59 Å². The Morgan fingerprint density at radius 2 is 1.79 bits per heavy atom. The van der Waals surface area contributed by atoms with Crippen LogP contribution in [0.25, 0.3) is 6.08 Å². The molecule has 0 radical (unpaired) electrons. The molecule has 1 heterocycles. The van der Waals surface area contributed by atoms with Gasteiger partial charge in [-0.25, -0.2) is 0 Å². The van der Waals surface area contributed by atoms with Crippen LogP contribution in [0.3, 0.4) is 0 Å². The topological polar surface area (TPSA) is 52.7 Å². The molecule has 1 aliphatic carbocycles. The minimum Gasteiger partial charge on any atom is -0.351 e. The number of nitrogens with one attached hydrogen (secondary N) is 1. The molecule has 2 amide bonds. The Morgan fingerprint density at radius 1 is 1.11 bits per heavy atom. The van der Waals surface area contributed by atoms with Crippen molar-refractivity contribution in [3.8, 4) is 0 Å². The zero-order valence-electron chi connectivity index (χ0n) is 16.7. The van der Waals surface area contributed by atoms with Crippen LogP contribution in [-0.4, -0.2) is 67.1 Å². The standard InChI is InChI=1S/C22H31N3O2S/c1-28-20-9-6-18(7-10-20)8-11-21(26)23-12-13-24-14-16-25(17-15-24)22(27)19-4-2-3-5-19/h6-11,19H,2-5,12-17H2,1H3,(H,23,26)/b11-8+. The molecule has 0 aromatic heterocycles. The average molecular weight is 402 g/mol. The molecule has 5 nitrogen and oxygen atoms in total. The van der Waals surface area contributed by atoms with Gasteiger partial charge in [0.25, 0.3) is 0 Å². The van der Waals surface area contributed by atoms with E-state index in [2.05, 4.69) is 22.3 Å². The fourth-order valence-corrected chi connectivity index (χ4v) is 4.31. The highest BCUT2D eigenvalue weighted by Crippen LogP contribution is 2.26. The number of carbonyl (C=O) groups is 2. The molecule has 6 heteroatoms. The van der Waals surface area contributed by atoms with Crippen LogP contribution in [0.1, 0.15) is 31.2 Å². The third kappa shape index (κ3) is 6.11. The highest BCUT2D eigenvalue weighted by molar-refractivity contribution is 7.98. The smallest absolute Gasteiger partial charge is 0.244 e. The molecule has 1 aliphatic heterocycles. The Kier molecular flexibility index (Phi) is 7.98. The van der Waals surface area contributed by atoms with E-state index in [9.17, 15) is 9.59 Å². The number of carbonyl (C=O) groups excluding carboxylic acids is 2. The molecule has 152 valence electrons. The molecule has 3 rings (SSSR count). The summed E-state index contributed by atoms with van der Waals surface area (Å²) in [4.78, 5) is 30.0. The van der Waals surface area contributed by atoms with E-state index < -0.39 is 0 Å². The molecule has 1 aromatic carbocycles. The van der Waals surface area contributed by atoms with E-state index in [4.69, 9.17) is 0 Å². The second-order valence-electron chi connectivity index (χ2n) is 7.55. The van der Waals surface area contributed by atoms with Crippen LogP contribution in [0.2, 0.25) is 0 Å². The Hall–Kier alpha value is -1.79. The quantitative estimate of drug-likeness (QED) is 0.564. The Bertz CT molecular complexity index is 676. The van der Waals surface area contributed by atoms with Gasteiger partial charge in [-0.2, -0.15) is 0 Å². The van der Waals surface area contributed by atoms with Gasteiger partial charge in [-0.3, -0.25) is 14.5 Å². The number of rotatable bonds is 7. The lowest BCUT2D eigenvalue weighted by molar-refractivity contribution is -0.137. The van der Waals surface area contributed by atoms with Crippen molar-refractivity contribution in [2.45, 2.75) is 30.6 Å². The number of hydrogen-bond donors (Lipinski definition) is 1. The van der Waals surface area contributed by atoms with Crippen LogP contribution in [-0.2, 0) is 9.59 Å². The number of hydrogen-bond acceptors (Lipinski definition) is 4. The Balaban J connectivity index is 1.32. The monoisotopic (exact) mass is 401 g/mol. The summed E-state index contributed by atoms with van der Waals surface area (Å²) in [5.74, 6) is 0.569. The number of amides is 2. The fraction of sp³-hybridized carbons (Fsp3) is 0.545. The van der Waals surface area contributed by atoms with Gasteiger partial charge in [0.1, 0.15) is 0 Å². The second kappa shape index (κ2) is 10.7. The first-order chi connectivity index (χ1) is 13.7. The molecule has 1 saturated carbocycles. The van der Waals surface area contributed by atoms with Crippen LogP contribution >= 0.6 is 11.8 Å². The minimum absolute atomic E-state index is 0.0657. The number of nitrogens with zero attached hydrogens (tertiary/aromatic N) is 2. The third-order valence-electron chi connectivity index (χ3n) is 5.66. The van der Waals surface area contributed by atoms with Crippen LogP contribution in [0.15, 0.2) is 35.2 Å². The van der Waals surface area contributed by atoms with Gasteiger partial charge in [0.2, 0.25) is 11.8 Å². The van der Waals surface area contributed by atoms with E-state index in [1.807, 2.05) is 29.4 Å². The molecule has 0 unspecified atom stereocenters. The van der Waals surface area contributed by atoms with E-state index in [1.165, 1.54) is 17.7 Å². The van der Waals surface area contributed by atoms with Gasteiger partial charge >= 0.3 is 0 Å². The lowest BCUT2D eigenvalue weighted by atomic mass is 10.1. The first-order valence-corrected chi connectivity index (χ1v) is 11.5. The predicted octanol–water partition coefficient (Wildman–Crippen LogP) is 2.87. The second-order valence-corrected chi connectivity index (χ2v) is 8.43. The van der Waals surface area contributed by atoms with Crippen molar-refractivity contribution in [3.05, 3.63) is 35.9 Å². The van der Waals surface area contributed by atoms with Crippen molar-refractivity contribution in [2.75, 3.05) is 45.5 Å². The summed E-state index contributed by atoms with van der Waals surface area (Å²) in [6.45, 7) is 4.88. The van der Waals surface area contributed by atoms with E-state index in [1.54, 1.807) is 17.8 Å². The van der Waals surface area contributed by atoms with Gasteiger partial charge < -0.3 is 10.2 Å². The summed E-state index contributed by atoms with van der Waals surface area (Å²) in [7, 11) is 0.